The Morgan fingerprint density at radius 2 is 1.47 bits per heavy atom. The van der Waals surface area contributed by atoms with Gasteiger partial charge in [-0.25, -0.2) is 4.79 Å². The number of carboxylic acids is 1. The second-order valence-corrected chi connectivity index (χ2v) is 3.96. The van der Waals surface area contributed by atoms with Crippen LogP contribution in [0.1, 0.15) is 15.9 Å². The predicted octanol–water partition coefficient (Wildman–Crippen LogP) is 4.07. The van der Waals surface area contributed by atoms with Crippen molar-refractivity contribution in [3.8, 4) is 11.1 Å². The summed E-state index contributed by atoms with van der Waals surface area (Å²) in [6, 6.07) is 12.1. The molecule has 0 unspecified atom stereocenters. The van der Waals surface area contributed by atoms with Crippen LogP contribution in [0.3, 0.4) is 0 Å². The van der Waals surface area contributed by atoms with Gasteiger partial charge in [0.2, 0.25) is 0 Å². The van der Waals surface area contributed by atoms with Gasteiger partial charge in [-0.3, -0.25) is 0 Å². The van der Waals surface area contributed by atoms with Gasteiger partial charge in [0.1, 0.15) is 0 Å². The van der Waals surface area contributed by atoms with E-state index in [9.17, 15) is 18.0 Å². The fourth-order valence-corrected chi connectivity index (χ4v) is 1.49. The number of benzene rings is 2. The number of alkyl halides is 3. The van der Waals surface area contributed by atoms with Crippen molar-refractivity contribution in [2.75, 3.05) is 0 Å². The molecule has 0 aromatic heterocycles. The van der Waals surface area contributed by atoms with E-state index in [1.54, 1.807) is 0 Å². The Balaban J connectivity index is 0.000000180. The van der Waals surface area contributed by atoms with Crippen molar-refractivity contribution in [1.29, 1.82) is 0 Å². The first-order valence-corrected chi connectivity index (χ1v) is 5.39. The lowest BCUT2D eigenvalue weighted by Crippen LogP contribution is -2.06. The van der Waals surface area contributed by atoms with E-state index in [1.807, 2.05) is 0 Å². The van der Waals surface area contributed by atoms with E-state index in [-0.39, 0.29) is 5.56 Å². The summed E-state index contributed by atoms with van der Waals surface area (Å²) in [4.78, 5) is 10.3. The Morgan fingerprint density at radius 3 is 1.79 bits per heavy atom. The molecule has 0 atom stereocenters. The van der Waals surface area contributed by atoms with Crippen molar-refractivity contribution in [2.45, 2.75) is 6.18 Å². The van der Waals surface area contributed by atoms with Crippen LogP contribution in [0, 0.1) is 0 Å². The van der Waals surface area contributed by atoms with Crippen LogP contribution in [0.4, 0.5) is 13.2 Å². The van der Waals surface area contributed by atoms with E-state index in [1.165, 1.54) is 11.1 Å². The molecule has 0 aliphatic heterocycles. The molecule has 2 nitrogen and oxygen atoms in total. The standard InChI is InChI=1S/C8H5F3O2.C6H4/c9-8(10,11)6-3-1-2-5(4-6)7(12)13;1-2-6-4-3-5(1)6/h1-4H,(H,12,13);1-4H. The van der Waals surface area contributed by atoms with Crippen LogP contribution in [0.15, 0.2) is 48.5 Å². The molecule has 0 saturated heterocycles. The van der Waals surface area contributed by atoms with Crippen LogP contribution in [0.5, 0.6) is 0 Å². The van der Waals surface area contributed by atoms with Crippen molar-refractivity contribution in [2.24, 2.45) is 0 Å². The summed E-state index contributed by atoms with van der Waals surface area (Å²) >= 11 is 0. The molecule has 2 aliphatic carbocycles. The van der Waals surface area contributed by atoms with Gasteiger partial charge >= 0.3 is 12.1 Å². The van der Waals surface area contributed by atoms with Crippen LogP contribution in [-0.4, -0.2) is 11.1 Å². The monoisotopic (exact) mass is 266 g/mol. The van der Waals surface area contributed by atoms with Crippen LogP contribution in [0.25, 0.3) is 11.1 Å². The highest BCUT2D eigenvalue weighted by Crippen LogP contribution is 2.30. The summed E-state index contributed by atoms with van der Waals surface area (Å²) in [6.45, 7) is 0. The fourth-order valence-electron chi connectivity index (χ4n) is 1.49. The highest BCUT2D eigenvalue weighted by Gasteiger charge is 2.30. The molecule has 0 spiro atoms. The third-order valence-corrected chi connectivity index (χ3v) is 2.66. The van der Waals surface area contributed by atoms with Crippen molar-refractivity contribution in [3.05, 3.63) is 59.7 Å². The smallest absolute Gasteiger partial charge is 0.416 e. The number of carbonyl (C=O) groups is 1. The van der Waals surface area contributed by atoms with Crippen LogP contribution >= 0.6 is 0 Å². The minimum atomic E-state index is -4.49. The molecule has 0 radical (unpaired) electrons. The molecular formula is C14H9F3O2. The molecule has 3 rings (SSSR count). The summed E-state index contributed by atoms with van der Waals surface area (Å²) in [5, 5.41) is 8.41. The number of aromatic carboxylic acids is 1. The highest BCUT2D eigenvalue weighted by molar-refractivity contribution is 5.87. The number of hydrogen-bond acceptors (Lipinski definition) is 1. The van der Waals surface area contributed by atoms with Gasteiger partial charge in [0.25, 0.3) is 0 Å². The maximum atomic E-state index is 12.0. The Bertz CT molecular complexity index is 580. The van der Waals surface area contributed by atoms with Crippen molar-refractivity contribution in [3.63, 3.8) is 0 Å². The first kappa shape index (κ1) is 13.1. The number of rotatable bonds is 1. The fraction of sp³-hybridized carbons (Fsp3) is 0.0714. The maximum Gasteiger partial charge on any atom is 0.416 e. The largest absolute Gasteiger partial charge is 0.478 e. The second kappa shape index (κ2) is 4.76. The summed E-state index contributed by atoms with van der Waals surface area (Å²) in [6.07, 6.45) is -4.49. The Kier molecular flexibility index (Phi) is 3.29. The summed E-state index contributed by atoms with van der Waals surface area (Å²) in [7, 11) is 0. The zero-order valence-electron chi connectivity index (χ0n) is 9.61. The lowest BCUT2D eigenvalue weighted by atomic mass is 9.95. The molecule has 19 heavy (non-hydrogen) atoms. The van der Waals surface area contributed by atoms with Gasteiger partial charge < -0.3 is 5.11 Å². The van der Waals surface area contributed by atoms with E-state index < -0.39 is 17.7 Å². The maximum absolute atomic E-state index is 12.0. The minimum absolute atomic E-state index is 0.366. The summed E-state index contributed by atoms with van der Waals surface area (Å²) in [5.74, 6) is -1.37. The number of fused-ring (bicyclic) bond motifs is 1. The summed E-state index contributed by atoms with van der Waals surface area (Å²) in [5.41, 5.74) is 1.53. The van der Waals surface area contributed by atoms with Crippen molar-refractivity contribution < 1.29 is 23.1 Å². The van der Waals surface area contributed by atoms with Gasteiger partial charge in [0, 0.05) is 0 Å². The molecule has 0 heterocycles. The molecule has 1 aromatic rings. The number of hydrogen-bond donors (Lipinski definition) is 1. The molecule has 1 N–H and O–H groups in total. The minimum Gasteiger partial charge on any atom is -0.478 e. The van der Waals surface area contributed by atoms with Crippen LogP contribution in [-0.2, 0) is 6.18 Å². The van der Waals surface area contributed by atoms with E-state index in [0.717, 1.165) is 18.2 Å². The predicted molar refractivity (Wildman–Crippen MR) is 63.8 cm³/mol. The third kappa shape index (κ3) is 2.93. The first-order chi connectivity index (χ1) is 8.88. The van der Waals surface area contributed by atoms with Crippen LogP contribution in [0.2, 0.25) is 0 Å². The average Bonchev–Trinajstić information content (AvgIpc) is 2.33. The lowest BCUT2D eigenvalue weighted by Gasteiger charge is -2.10. The van der Waals surface area contributed by atoms with Crippen molar-refractivity contribution >= 4 is 5.97 Å². The van der Waals surface area contributed by atoms with Gasteiger partial charge in [-0.05, 0) is 29.3 Å². The zero-order chi connectivity index (χ0) is 14.0. The Labute approximate surface area is 107 Å². The SMILES string of the molecule is O=C(O)c1cccc(C(F)(F)F)c1.c1cc2ccc1-2. The van der Waals surface area contributed by atoms with Gasteiger partial charge in [0.15, 0.2) is 0 Å². The molecule has 98 valence electrons. The van der Waals surface area contributed by atoms with E-state index in [0.29, 0.717) is 6.07 Å². The molecule has 2 aliphatic rings. The lowest BCUT2D eigenvalue weighted by molar-refractivity contribution is -0.137. The summed E-state index contributed by atoms with van der Waals surface area (Å²) < 4.78 is 36.1. The highest BCUT2D eigenvalue weighted by atomic mass is 19.4. The quantitative estimate of drug-likeness (QED) is 0.720. The van der Waals surface area contributed by atoms with Gasteiger partial charge in [0.05, 0.1) is 11.1 Å². The molecule has 1 aromatic carbocycles. The third-order valence-electron chi connectivity index (χ3n) is 2.66. The molecule has 0 fully saturated rings. The molecule has 0 saturated carbocycles. The zero-order valence-corrected chi connectivity index (χ0v) is 9.61. The first-order valence-electron chi connectivity index (χ1n) is 5.39. The Hall–Kier alpha value is -2.30. The van der Waals surface area contributed by atoms with Gasteiger partial charge in [-0.2, -0.15) is 13.2 Å². The molecular weight excluding hydrogens is 257 g/mol. The van der Waals surface area contributed by atoms with E-state index in [4.69, 9.17) is 5.11 Å². The average molecular weight is 266 g/mol. The van der Waals surface area contributed by atoms with E-state index >= 15 is 0 Å². The van der Waals surface area contributed by atoms with Gasteiger partial charge in [-0.15, -0.1) is 0 Å². The number of carboxylic acid groups (broad SMARTS) is 1. The number of halogens is 3. The van der Waals surface area contributed by atoms with Crippen LogP contribution < -0.4 is 0 Å². The molecule has 5 heteroatoms. The second-order valence-electron chi connectivity index (χ2n) is 3.96. The molecule has 0 amide bonds. The van der Waals surface area contributed by atoms with E-state index in [2.05, 4.69) is 24.3 Å². The van der Waals surface area contributed by atoms with Gasteiger partial charge in [-0.1, -0.05) is 30.3 Å². The normalized spacial score (nSPS) is 11.3. The van der Waals surface area contributed by atoms with Crippen molar-refractivity contribution in [1.82, 2.24) is 0 Å². The Morgan fingerprint density at radius 1 is 0.947 bits per heavy atom. The molecule has 0 bridgehead atoms. The topological polar surface area (TPSA) is 37.3 Å².